The number of nitrogens with zero attached hydrogens (tertiary/aromatic N) is 2. The van der Waals surface area contributed by atoms with E-state index in [-0.39, 0.29) is 0 Å². The van der Waals surface area contributed by atoms with Gasteiger partial charge in [0.15, 0.2) is 0 Å². The molecule has 0 aromatic carbocycles. The van der Waals surface area contributed by atoms with E-state index in [1.54, 1.807) is 0 Å². The molecular weight excluding hydrogens is 152 g/mol. The minimum Gasteiger partial charge on any atom is -0.341 e. The molecule has 0 saturated carbocycles. The van der Waals surface area contributed by atoms with Gasteiger partial charge in [-0.3, -0.25) is 4.79 Å². The minimum atomic E-state index is 0.465. The fraction of sp³-hybridized carbons (Fsp3) is 0.889. The first kappa shape index (κ1) is 9.52. The molecule has 0 N–H and O–H groups in total. The number of rotatable bonds is 4. The van der Waals surface area contributed by atoms with Crippen molar-refractivity contribution in [3.63, 3.8) is 0 Å². The second kappa shape index (κ2) is 4.45. The van der Waals surface area contributed by atoms with Gasteiger partial charge < -0.3 is 9.80 Å². The van der Waals surface area contributed by atoms with Crippen LogP contribution in [-0.4, -0.2) is 48.9 Å². The maximum atomic E-state index is 10.6. The summed E-state index contributed by atoms with van der Waals surface area (Å²) in [6.07, 6.45) is 3.32. The van der Waals surface area contributed by atoms with Crippen molar-refractivity contribution in [2.75, 3.05) is 26.7 Å². The van der Waals surface area contributed by atoms with Gasteiger partial charge >= 0.3 is 0 Å². The first-order chi connectivity index (χ1) is 5.77. The maximum absolute atomic E-state index is 10.6. The molecule has 1 atom stereocenters. The average Bonchev–Trinajstić information content (AvgIpc) is 2.51. The van der Waals surface area contributed by atoms with E-state index in [0.29, 0.717) is 6.04 Å². The van der Waals surface area contributed by atoms with Gasteiger partial charge in [0.25, 0.3) is 0 Å². The molecule has 1 amide bonds. The number of likely N-dealkylation sites (N-methyl/N-ethyl adjacent to an activating group) is 1. The van der Waals surface area contributed by atoms with E-state index in [0.717, 1.165) is 26.0 Å². The topological polar surface area (TPSA) is 23.6 Å². The van der Waals surface area contributed by atoms with Gasteiger partial charge in [-0.1, -0.05) is 6.92 Å². The van der Waals surface area contributed by atoms with Crippen LogP contribution in [0.15, 0.2) is 0 Å². The van der Waals surface area contributed by atoms with E-state index < -0.39 is 0 Å². The van der Waals surface area contributed by atoms with Gasteiger partial charge in [0, 0.05) is 19.1 Å². The third-order valence-electron chi connectivity index (χ3n) is 2.62. The maximum Gasteiger partial charge on any atom is 0.209 e. The van der Waals surface area contributed by atoms with Crippen LogP contribution in [0.2, 0.25) is 0 Å². The molecule has 0 bridgehead atoms. The fourth-order valence-electron chi connectivity index (χ4n) is 1.68. The first-order valence-corrected chi connectivity index (χ1v) is 4.67. The summed E-state index contributed by atoms with van der Waals surface area (Å²) in [4.78, 5) is 14.8. The van der Waals surface area contributed by atoms with E-state index >= 15 is 0 Å². The van der Waals surface area contributed by atoms with Crippen LogP contribution in [-0.2, 0) is 4.79 Å². The van der Waals surface area contributed by atoms with Gasteiger partial charge in [0.2, 0.25) is 6.41 Å². The van der Waals surface area contributed by atoms with E-state index in [9.17, 15) is 4.79 Å². The summed E-state index contributed by atoms with van der Waals surface area (Å²) in [6.45, 7) is 5.17. The summed E-state index contributed by atoms with van der Waals surface area (Å²) in [5, 5.41) is 0. The number of hydrogen-bond acceptors (Lipinski definition) is 2. The predicted octanol–water partition coefficient (Wildman–Crippen LogP) is 0.559. The molecule has 1 aliphatic heterocycles. The molecule has 0 spiro atoms. The van der Waals surface area contributed by atoms with Crippen molar-refractivity contribution in [2.45, 2.75) is 25.8 Å². The third-order valence-corrected chi connectivity index (χ3v) is 2.62. The lowest BCUT2D eigenvalue weighted by molar-refractivity contribution is -0.119. The molecule has 0 radical (unpaired) electrons. The predicted molar refractivity (Wildman–Crippen MR) is 49.0 cm³/mol. The largest absolute Gasteiger partial charge is 0.341 e. The molecule has 0 aromatic heterocycles. The van der Waals surface area contributed by atoms with Gasteiger partial charge in [-0.2, -0.15) is 0 Å². The normalized spacial score (nSPS) is 23.6. The zero-order valence-corrected chi connectivity index (χ0v) is 7.99. The number of hydrogen-bond donors (Lipinski definition) is 0. The fourth-order valence-corrected chi connectivity index (χ4v) is 1.68. The summed E-state index contributed by atoms with van der Waals surface area (Å²) < 4.78 is 0. The lowest BCUT2D eigenvalue weighted by atomic mass is 10.2. The molecule has 3 heteroatoms. The van der Waals surface area contributed by atoms with Crippen LogP contribution in [0.3, 0.4) is 0 Å². The second-order valence-electron chi connectivity index (χ2n) is 3.49. The second-order valence-corrected chi connectivity index (χ2v) is 3.49. The zero-order valence-electron chi connectivity index (χ0n) is 7.99. The molecule has 1 unspecified atom stereocenters. The molecule has 1 saturated heterocycles. The van der Waals surface area contributed by atoms with Crippen molar-refractivity contribution in [3.05, 3.63) is 0 Å². The molecule has 0 aromatic rings. The van der Waals surface area contributed by atoms with E-state index in [1.807, 2.05) is 4.90 Å². The van der Waals surface area contributed by atoms with Crippen LogP contribution < -0.4 is 0 Å². The monoisotopic (exact) mass is 170 g/mol. The number of carbonyl (C=O) groups is 1. The smallest absolute Gasteiger partial charge is 0.209 e. The van der Waals surface area contributed by atoms with Gasteiger partial charge in [-0.15, -0.1) is 0 Å². The highest BCUT2D eigenvalue weighted by Gasteiger charge is 2.23. The third kappa shape index (κ3) is 2.21. The molecule has 1 rings (SSSR count). The molecule has 1 aliphatic rings. The molecule has 3 nitrogen and oxygen atoms in total. The van der Waals surface area contributed by atoms with Gasteiger partial charge in [0.05, 0.1) is 0 Å². The lowest BCUT2D eigenvalue weighted by Crippen LogP contribution is -2.37. The van der Waals surface area contributed by atoms with Crippen LogP contribution in [0, 0.1) is 0 Å². The van der Waals surface area contributed by atoms with Crippen LogP contribution >= 0.6 is 0 Å². The average molecular weight is 170 g/mol. The van der Waals surface area contributed by atoms with Crippen molar-refractivity contribution in [2.24, 2.45) is 0 Å². The SMILES string of the molecule is CCN(C)CC1CCCN1C=O. The minimum absolute atomic E-state index is 0.465. The molecule has 1 heterocycles. The summed E-state index contributed by atoms with van der Waals surface area (Å²) in [6, 6.07) is 0.465. The van der Waals surface area contributed by atoms with Crippen LogP contribution in [0.5, 0.6) is 0 Å². The summed E-state index contributed by atoms with van der Waals surface area (Å²) in [7, 11) is 2.10. The Morgan fingerprint density at radius 2 is 2.42 bits per heavy atom. The van der Waals surface area contributed by atoms with E-state index in [4.69, 9.17) is 0 Å². The summed E-state index contributed by atoms with van der Waals surface area (Å²) in [5.41, 5.74) is 0. The number of carbonyl (C=O) groups excluding carboxylic acids is 1. The van der Waals surface area contributed by atoms with Gasteiger partial charge in [-0.05, 0) is 26.4 Å². The van der Waals surface area contributed by atoms with Crippen molar-refractivity contribution in [1.29, 1.82) is 0 Å². The standard InChI is InChI=1S/C9H18N2O/c1-3-10(2)7-9-5-4-6-11(9)8-12/h8-9H,3-7H2,1-2H3. The zero-order chi connectivity index (χ0) is 8.97. The van der Waals surface area contributed by atoms with Crippen molar-refractivity contribution < 1.29 is 4.79 Å². The number of likely N-dealkylation sites (tertiary alicyclic amines) is 1. The van der Waals surface area contributed by atoms with Gasteiger partial charge in [-0.25, -0.2) is 0 Å². The van der Waals surface area contributed by atoms with Crippen molar-refractivity contribution >= 4 is 6.41 Å². The Bertz CT molecular complexity index is 149. The van der Waals surface area contributed by atoms with Crippen LogP contribution in [0.1, 0.15) is 19.8 Å². The van der Waals surface area contributed by atoms with Crippen LogP contribution in [0.25, 0.3) is 0 Å². The Hall–Kier alpha value is -0.570. The van der Waals surface area contributed by atoms with Crippen molar-refractivity contribution in [1.82, 2.24) is 9.80 Å². The molecular formula is C9H18N2O. The Morgan fingerprint density at radius 1 is 1.67 bits per heavy atom. The quantitative estimate of drug-likeness (QED) is 0.576. The van der Waals surface area contributed by atoms with E-state index in [1.165, 1.54) is 12.8 Å². The number of amides is 1. The summed E-state index contributed by atoms with van der Waals surface area (Å²) in [5.74, 6) is 0. The Kier molecular flexibility index (Phi) is 3.53. The molecule has 12 heavy (non-hydrogen) atoms. The highest BCUT2D eigenvalue weighted by molar-refractivity contribution is 5.48. The Morgan fingerprint density at radius 3 is 3.00 bits per heavy atom. The Labute approximate surface area is 74.3 Å². The highest BCUT2D eigenvalue weighted by atomic mass is 16.1. The van der Waals surface area contributed by atoms with Crippen LogP contribution in [0.4, 0.5) is 0 Å². The molecule has 0 aliphatic carbocycles. The van der Waals surface area contributed by atoms with Gasteiger partial charge in [0.1, 0.15) is 0 Å². The molecule has 1 fully saturated rings. The van der Waals surface area contributed by atoms with E-state index in [2.05, 4.69) is 18.9 Å². The Balaban J connectivity index is 2.35. The molecule has 70 valence electrons. The first-order valence-electron chi connectivity index (χ1n) is 4.67. The van der Waals surface area contributed by atoms with Crippen molar-refractivity contribution in [3.8, 4) is 0 Å². The lowest BCUT2D eigenvalue weighted by Gasteiger charge is -2.24. The summed E-state index contributed by atoms with van der Waals surface area (Å²) >= 11 is 0. The highest BCUT2D eigenvalue weighted by Crippen LogP contribution is 2.15.